The van der Waals surface area contributed by atoms with Crippen LogP contribution in [0.2, 0.25) is 5.02 Å². The fourth-order valence-corrected chi connectivity index (χ4v) is 8.58. The number of aromatic nitrogens is 4. The molecule has 0 saturated heterocycles. The number of hydrogen-bond donors (Lipinski definition) is 2. The Balaban J connectivity index is 0.685. The van der Waals surface area contributed by atoms with Gasteiger partial charge in [-0.2, -0.15) is 14.6 Å². The molecule has 0 fully saturated rings. The number of benzene rings is 5. The number of nitrogens with one attached hydrogen (secondary N) is 2. The number of carboxylic acids is 1. The molecule has 1 aliphatic heterocycles. The summed E-state index contributed by atoms with van der Waals surface area (Å²) in [5.41, 5.74) is 5.79. The number of amides is 1. The molecule has 1 aliphatic carbocycles. The Bertz CT molecular complexity index is 3360. The van der Waals surface area contributed by atoms with Crippen molar-refractivity contribution in [3.05, 3.63) is 137 Å². The summed E-state index contributed by atoms with van der Waals surface area (Å²) in [6.45, 7) is 8.55. The lowest BCUT2D eigenvalue weighted by atomic mass is 9.89. The standard InChI is InChI=1S/C58H65ClN8O11/c1-38(2)77-51-32-41(59)13-11-40(51)36-61-54-35-49(64-58-62-37-63-67(54)58)45-9-7-8-10-50(45)76-30-29-75-28-27-74-26-25-73-24-23-72-22-21-71-20-19-60-56(68)39-12-16-44(48(31-39)57(69)70)55-46-17-14-42(65(3)4)33-52(46)78-53-34-43(66(5)6)15-18-47(53)55/h7-18,31-35,37-38H,19-30,36H2,1-6H3,(H2-,60,61,62,63,64,68,69,70). The zero-order chi connectivity index (χ0) is 55.0. The van der Waals surface area contributed by atoms with Crippen molar-refractivity contribution in [2.45, 2.75) is 26.5 Å². The number of ether oxygens (including phenoxy) is 7. The van der Waals surface area contributed by atoms with E-state index in [4.69, 9.17) is 54.2 Å². The molecule has 410 valence electrons. The summed E-state index contributed by atoms with van der Waals surface area (Å²) >= 11 is 6.27. The number of rotatable bonds is 29. The smallest absolute Gasteiger partial charge is 0.254 e. The third kappa shape index (κ3) is 14.9. The molecule has 0 bridgehead atoms. The molecule has 3 heterocycles. The SMILES string of the molecule is CC(C)Oc1cc(Cl)ccc1CNc1cc(-c2ccccc2OCCOCCOCCOCCOCCOCCNC(=O)c2ccc(-c3c4ccc(=[N+](C)C)cc-4oc4cc(N(C)C)ccc34)c(C(=O)[O-])c2)nc2ncnn12. The molecule has 0 spiro atoms. The monoisotopic (exact) mass is 1080 g/mol. The van der Waals surface area contributed by atoms with Crippen molar-refractivity contribution in [1.29, 1.82) is 0 Å². The Morgan fingerprint density at radius 2 is 1.45 bits per heavy atom. The topological polar surface area (TPSA) is 208 Å². The van der Waals surface area contributed by atoms with Crippen LogP contribution < -0.4 is 40.0 Å². The first-order chi connectivity index (χ1) is 37.8. The van der Waals surface area contributed by atoms with Gasteiger partial charge in [0.05, 0.1) is 89.9 Å². The lowest BCUT2D eigenvalue weighted by Crippen LogP contribution is -2.29. The van der Waals surface area contributed by atoms with E-state index in [2.05, 4.69) is 20.7 Å². The molecular weight excluding hydrogens is 1020 g/mol. The number of para-hydroxylation sites is 1. The Kier molecular flexibility index (Phi) is 20.0. The highest BCUT2D eigenvalue weighted by molar-refractivity contribution is 6.30. The van der Waals surface area contributed by atoms with Crippen LogP contribution in [0.5, 0.6) is 11.5 Å². The second-order valence-electron chi connectivity index (χ2n) is 18.6. The van der Waals surface area contributed by atoms with Gasteiger partial charge in [0.25, 0.3) is 11.7 Å². The van der Waals surface area contributed by atoms with Gasteiger partial charge in [-0.05, 0) is 74.0 Å². The van der Waals surface area contributed by atoms with Gasteiger partial charge in [-0.25, -0.2) is 9.56 Å². The number of carbonyl (C=O) groups excluding carboxylic acids is 2. The first-order valence-electron chi connectivity index (χ1n) is 25.7. The van der Waals surface area contributed by atoms with Gasteiger partial charge in [-0.15, -0.1) is 0 Å². The molecule has 19 nitrogen and oxygen atoms in total. The maximum atomic E-state index is 13.2. The average Bonchev–Trinajstić information content (AvgIpc) is 4.07. The molecule has 8 rings (SSSR count). The summed E-state index contributed by atoms with van der Waals surface area (Å²) in [7, 11) is 7.75. The van der Waals surface area contributed by atoms with Crippen LogP contribution in [-0.4, -0.2) is 145 Å². The van der Waals surface area contributed by atoms with E-state index in [9.17, 15) is 14.7 Å². The summed E-state index contributed by atoms with van der Waals surface area (Å²) in [6, 6.07) is 31.4. The number of halogens is 1. The third-order valence-electron chi connectivity index (χ3n) is 12.3. The van der Waals surface area contributed by atoms with E-state index in [0.717, 1.165) is 33.1 Å². The van der Waals surface area contributed by atoms with E-state index in [1.54, 1.807) is 16.6 Å². The average molecular weight is 1090 g/mol. The van der Waals surface area contributed by atoms with Gasteiger partial charge in [0.1, 0.15) is 55.7 Å². The summed E-state index contributed by atoms with van der Waals surface area (Å²) in [4.78, 5) is 36.9. The van der Waals surface area contributed by atoms with Crippen LogP contribution in [0.4, 0.5) is 11.5 Å². The van der Waals surface area contributed by atoms with Crippen molar-refractivity contribution < 1.29 is 52.3 Å². The lowest BCUT2D eigenvalue weighted by Gasteiger charge is -2.20. The van der Waals surface area contributed by atoms with Crippen LogP contribution in [0.1, 0.15) is 40.1 Å². The van der Waals surface area contributed by atoms with E-state index in [1.165, 1.54) is 12.4 Å². The van der Waals surface area contributed by atoms with Crippen molar-refractivity contribution >= 4 is 51.7 Å². The second kappa shape index (κ2) is 27.6. The molecule has 20 heteroatoms. The highest BCUT2D eigenvalue weighted by atomic mass is 35.5. The summed E-state index contributed by atoms with van der Waals surface area (Å²) < 4.78 is 50.4. The maximum Gasteiger partial charge on any atom is 0.254 e. The molecule has 0 atom stereocenters. The molecule has 2 aliphatic rings. The second-order valence-corrected chi connectivity index (χ2v) is 19.0. The number of aromatic carboxylic acids is 1. The van der Waals surface area contributed by atoms with Crippen LogP contribution >= 0.6 is 11.6 Å². The van der Waals surface area contributed by atoms with Gasteiger partial charge in [0.2, 0.25) is 5.36 Å². The molecule has 2 N–H and O–H groups in total. The molecule has 78 heavy (non-hydrogen) atoms. The maximum absolute atomic E-state index is 13.2. The van der Waals surface area contributed by atoms with Gasteiger partial charge >= 0.3 is 0 Å². The molecular formula is C58H65ClN8O11. The molecule has 0 unspecified atom stereocenters. The van der Waals surface area contributed by atoms with Gasteiger partial charge in [-0.3, -0.25) is 4.79 Å². The fourth-order valence-electron chi connectivity index (χ4n) is 8.42. The molecule has 4 aromatic carbocycles. The Labute approximate surface area is 457 Å². The number of carboxylic acid groups (broad SMARTS) is 1. The number of nitrogens with zero attached hydrogens (tertiary/aromatic N) is 6. The van der Waals surface area contributed by atoms with Gasteiger partial charge < -0.3 is 63.0 Å². The van der Waals surface area contributed by atoms with Gasteiger partial charge in [-0.1, -0.05) is 35.9 Å². The predicted octanol–water partition coefficient (Wildman–Crippen LogP) is 6.72. The van der Waals surface area contributed by atoms with Gasteiger partial charge in [0, 0.05) is 94.9 Å². The highest BCUT2D eigenvalue weighted by Gasteiger charge is 2.22. The highest BCUT2D eigenvalue weighted by Crippen LogP contribution is 2.42. The fraction of sp³-hybridized carbons (Fsp3) is 0.345. The van der Waals surface area contributed by atoms with E-state index in [-0.39, 0.29) is 30.4 Å². The Hall–Kier alpha value is -7.65. The zero-order valence-electron chi connectivity index (χ0n) is 44.7. The van der Waals surface area contributed by atoms with E-state index in [1.807, 2.05) is 136 Å². The third-order valence-corrected chi connectivity index (χ3v) is 12.5. The first-order valence-corrected chi connectivity index (χ1v) is 26.0. The van der Waals surface area contributed by atoms with E-state index >= 15 is 0 Å². The molecule has 0 saturated carbocycles. The van der Waals surface area contributed by atoms with Crippen molar-refractivity contribution in [3.8, 4) is 45.2 Å². The summed E-state index contributed by atoms with van der Waals surface area (Å²) in [5, 5.41) is 25.5. The largest absolute Gasteiger partial charge is 0.545 e. The minimum absolute atomic E-state index is 0.0126. The lowest BCUT2D eigenvalue weighted by molar-refractivity contribution is -0.254. The minimum Gasteiger partial charge on any atom is -0.545 e. The van der Waals surface area contributed by atoms with Crippen molar-refractivity contribution in [2.75, 3.05) is 118 Å². The van der Waals surface area contributed by atoms with Crippen molar-refractivity contribution in [2.24, 2.45) is 0 Å². The van der Waals surface area contributed by atoms with Gasteiger partial charge in [0.15, 0.2) is 0 Å². The molecule has 2 aromatic heterocycles. The number of fused-ring (bicyclic) bond motifs is 3. The Morgan fingerprint density at radius 3 is 2.14 bits per heavy atom. The molecule has 1 amide bonds. The normalized spacial score (nSPS) is 11.4. The molecule has 6 aromatic rings. The quantitative estimate of drug-likeness (QED) is 0.0284. The van der Waals surface area contributed by atoms with Crippen LogP contribution in [0, 0.1) is 0 Å². The Morgan fingerprint density at radius 1 is 0.756 bits per heavy atom. The van der Waals surface area contributed by atoms with Crippen molar-refractivity contribution in [1.82, 2.24) is 29.5 Å². The van der Waals surface area contributed by atoms with Crippen LogP contribution in [0.15, 0.2) is 114 Å². The molecule has 0 radical (unpaired) electrons. The van der Waals surface area contributed by atoms with Crippen LogP contribution in [0.3, 0.4) is 0 Å². The minimum atomic E-state index is -1.40. The number of anilines is 2. The predicted molar refractivity (Wildman–Crippen MR) is 297 cm³/mol. The number of carbonyl (C=O) groups is 2. The van der Waals surface area contributed by atoms with Crippen LogP contribution in [-0.2, 0) is 30.2 Å². The van der Waals surface area contributed by atoms with E-state index < -0.39 is 11.9 Å². The van der Waals surface area contributed by atoms with E-state index in [0.29, 0.717) is 129 Å². The summed E-state index contributed by atoms with van der Waals surface area (Å²) in [6.07, 6.45) is 1.45. The number of hydrogen-bond acceptors (Lipinski definition) is 16. The summed E-state index contributed by atoms with van der Waals surface area (Å²) in [5.74, 6) is 1.24. The zero-order valence-corrected chi connectivity index (χ0v) is 45.5. The first kappa shape index (κ1) is 56.6. The van der Waals surface area contributed by atoms with Crippen LogP contribution in [0.25, 0.3) is 50.5 Å². The van der Waals surface area contributed by atoms with Crippen molar-refractivity contribution in [3.63, 3.8) is 0 Å².